The van der Waals surface area contributed by atoms with Crippen LogP contribution >= 0.6 is 24.0 Å². The van der Waals surface area contributed by atoms with E-state index in [1.165, 1.54) is 11.8 Å². The molecule has 1 N–H and O–H groups in total. The van der Waals surface area contributed by atoms with Gasteiger partial charge in [0.25, 0.3) is 5.91 Å². The Labute approximate surface area is 210 Å². The molecule has 1 aromatic heterocycles. The number of likely N-dealkylation sites (tertiary alicyclic amines) is 1. The highest BCUT2D eigenvalue weighted by Gasteiger charge is 2.21. The van der Waals surface area contributed by atoms with Crippen molar-refractivity contribution in [3.05, 3.63) is 52.7 Å². The smallest absolute Gasteiger partial charge is 0.316 e. The molecule has 34 heavy (non-hydrogen) atoms. The number of hydrogen-bond donors (Lipinski definition) is 1. The van der Waals surface area contributed by atoms with Crippen LogP contribution in [-0.2, 0) is 20.9 Å². The van der Waals surface area contributed by atoms with Crippen molar-refractivity contribution in [3.8, 4) is 6.07 Å². The van der Waals surface area contributed by atoms with Gasteiger partial charge in [-0.2, -0.15) is 5.26 Å². The number of rotatable bonds is 7. The fourth-order valence-electron chi connectivity index (χ4n) is 3.85. The number of thiocarbonyl (C=S) groups is 1. The van der Waals surface area contributed by atoms with Crippen molar-refractivity contribution >= 4 is 46.0 Å². The van der Waals surface area contributed by atoms with E-state index in [1.54, 1.807) is 0 Å². The van der Waals surface area contributed by atoms with Crippen LogP contribution < -0.4 is 5.32 Å². The Morgan fingerprint density at radius 1 is 1.24 bits per heavy atom. The lowest BCUT2D eigenvalue weighted by atomic mass is 10.00. The first kappa shape index (κ1) is 25.8. The molecule has 0 bridgehead atoms. The first-order valence-electron chi connectivity index (χ1n) is 11.3. The summed E-state index contributed by atoms with van der Waals surface area (Å²) in [7, 11) is 0. The summed E-state index contributed by atoms with van der Waals surface area (Å²) >= 11 is 6.70. The monoisotopic (exact) mass is 498 g/mol. The van der Waals surface area contributed by atoms with Crippen molar-refractivity contribution < 1.29 is 14.3 Å². The number of esters is 1. The maximum Gasteiger partial charge on any atom is 0.316 e. The molecule has 2 aromatic rings. The van der Waals surface area contributed by atoms with E-state index in [0.29, 0.717) is 28.2 Å². The van der Waals surface area contributed by atoms with Gasteiger partial charge in [-0.25, -0.2) is 0 Å². The second-order valence-corrected chi connectivity index (χ2v) is 10.2. The number of carbonyl (C=O) groups is 2. The lowest BCUT2D eigenvalue weighted by Gasteiger charge is -2.31. The number of nitriles is 1. The van der Waals surface area contributed by atoms with E-state index in [4.69, 9.17) is 17.0 Å². The van der Waals surface area contributed by atoms with Crippen molar-refractivity contribution in [2.24, 2.45) is 5.92 Å². The minimum absolute atomic E-state index is 0.0597. The first-order chi connectivity index (χ1) is 16.3. The molecule has 7 nitrogen and oxygen atoms in total. The van der Waals surface area contributed by atoms with E-state index in [2.05, 4.69) is 23.2 Å². The minimum Gasteiger partial charge on any atom is -0.455 e. The van der Waals surface area contributed by atoms with E-state index < -0.39 is 18.5 Å². The van der Waals surface area contributed by atoms with E-state index in [0.717, 1.165) is 42.8 Å². The molecule has 0 saturated carbocycles. The van der Waals surface area contributed by atoms with Gasteiger partial charge in [-0.3, -0.25) is 9.59 Å². The Morgan fingerprint density at radius 2 is 1.91 bits per heavy atom. The van der Waals surface area contributed by atoms with Gasteiger partial charge in [-0.15, -0.1) is 0 Å². The largest absolute Gasteiger partial charge is 0.455 e. The molecule has 0 unspecified atom stereocenters. The highest BCUT2D eigenvalue weighted by Crippen LogP contribution is 2.27. The standard InChI is InChI=1S/C25H30N4O3S2/c1-17-9-11-28(12-10-17)25(33)34-16-23(31)32-15-22(30)27-24-21(13-26)18(2)19(3)29(24)14-20-7-5-4-6-8-20/h4-8,17H,9-12,14-16H2,1-3H3,(H,27,30). The van der Waals surface area contributed by atoms with Crippen LogP contribution in [0.15, 0.2) is 30.3 Å². The van der Waals surface area contributed by atoms with Crippen molar-refractivity contribution in [3.63, 3.8) is 0 Å². The molecule has 2 heterocycles. The number of ether oxygens (including phenoxy) is 1. The number of carbonyl (C=O) groups excluding carboxylic acids is 2. The van der Waals surface area contributed by atoms with Crippen LogP contribution in [0, 0.1) is 31.1 Å². The summed E-state index contributed by atoms with van der Waals surface area (Å²) in [4.78, 5) is 26.9. The van der Waals surface area contributed by atoms with Crippen molar-refractivity contribution in [2.75, 3.05) is 30.8 Å². The summed E-state index contributed by atoms with van der Waals surface area (Å²) in [6.07, 6.45) is 2.20. The third-order valence-electron chi connectivity index (χ3n) is 6.10. The summed E-state index contributed by atoms with van der Waals surface area (Å²) in [6, 6.07) is 12.0. The number of anilines is 1. The number of amides is 1. The zero-order valence-corrected chi connectivity index (χ0v) is 21.4. The summed E-state index contributed by atoms with van der Waals surface area (Å²) in [6.45, 7) is 7.91. The maximum absolute atomic E-state index is 12.6. The SMILES string of the molecule is Cc1c(C#N)c(NC(=O)COC(=O)CSC(=S)N2CCC(C)CC2)n(Cc2ccccc2)c1C. The average molecular weight is 499 g/mol. The molecule has 1 aromatic carbocycles. The molecule has 0 spiro atoms. The molecule has 0 atom stereocenters. The van der Waals surface area contributed by atoms with E-state index in [9.17, 15) is 14.9 Å². The molecule has 0 radical (unpaired) electrons. The summed E-state index contributed by atoms with van der Waals surface area (Å²) in [5.41, 5.74) is 3.15. The van der Waals surface area contributed by atoms with Crippen molar-refractivity contribution in [1.29, 1.82) is 5.26 Å². The van der Waals surface area contributed by atoms with Gasteiger partial charge in [0.05, 0.1) is 11.3 Å². The fourth-order valence-corrected chi connectivity index (χ4v) is 4.90. The van der Waals surface area contributed by atoms with Crippen molar-refractivity contribution in [1.82, 2.24) is 9.47 Å². The number of benzene rings is 1. The molecule has 0 aliphatic carbocycles. The molecular formula is C25H30N4O3S2. The van der Waals surface area contributed by atoms with Gasteiger partial charge >= 0.3 is 5.97 Å². The molecule has 1 saturated heterocycles. The normalized spacial score (nSPS) is 13.9. The predicted octanol–water partition coefficient (Wildman–Crippen LogP) is 4.26. The van der Waals surface area contributed by atoms with Gasteiger partial charge in [-0.1, -0.05) is 61.2 Å². The van der Waals surface area contributed by atoms with E-state index in [1.807, 2.05) is 48.7 Å². The van der Waals surface area contributed by atoms with Crippen LogP contribution in [0.4, 0.5) is 5.82 Å². The van der Waals surface area contributed by atoms with Crippen LogP contribution in [0.1, 0.15) is 42.1 Å². The predicted molar refractivity (Wildman–Crippen MR) is 139 cm³/mol. The second kappa shape index (κ2) is 12.0. The number of nitrogens with zero attached hydrogens (tertiary/aromatic N) is 3. The minimum atomic E-state index is -0.500. The third-order valence-corrected chi connectivity index (χ3v) is 7.60. The lowest BCUT2D eigenvalue weighted by Crippen LogP contribution is -2.36. The van der Waals surface area contributed by atoms with Crippen molar-refractivity contribution in [2.45, 2.75) is 40.2 Å². The van der Waals surface area contributed by atoms with Crippen LogP contribution in [0.3, 0.4) is 0 Å². The zero-order chi connectivity index (χ0) is 24.7. The van der Waals surface area contributed by atoms with Gasteiger partial charge in [0.2, 0.25) is 0 Å². The number of piperidine rings is 1. The van der Waals surface area contributed by atoms with Gasteiger partial charge < -0.3 is 19.5 Å². The van der Waals surface area contributed by atoms with Gasteiger partial charge in [0.15, 0.2) is 6.61 Å². The van der Waals surface area contributed by atoms with Crippen LogP contribution in [0.5, 0.6) is 0 Å². The Morgan fingerprint density at radius 3 is 2.56 bits per heavy atom. The number of thioether (sulfide) groups is 1. The van der Waals surface area contributed by atoms with Crippen LogP contribution in [-0.4, -0.2) is 51.1 Å². The summed E-state index contributed by atoms with van der Waals surface area (Å²) in [5, 5.41) is 12.4. The number of hydrogen-bond acceptors (Lipinski definition) is 6. The zero-order valence-electron chi connectivity index (χ0n) is 19.8. The molecule has 1 aliphatic heterocycles. The Hall–Kier alpha value is -2.83. The highest BCUT2D eigenvalue weighted by atomic mass is 32.2. The van der Waals surface area contributed by atoms with E-state index >= 15 is 0 Å². The Kier molecular flexibility index (Phi) is 9.13. The van der Waals surface area contributed by atoms with Crippen LogP contribution in [0.25, 0.3) is 0 Å². The summed E-state index contributed by atoms with van der Waals surface area (Å²) in [5.74, 6) is 0.187. The number of nitrogens with one attached hydrogen (secondary N) is 1. The quantitative estimate of drug-likeness (QED) is 0.451. The Balaban J connectivity index is 1.55. The number of aromatic nitrogens is 1. The Bertz CT molecular complexity index is 1080. The molecule has 1 fully saturated rings. The molecule has 9 heteroatoms. The van der Waals surface area contributed by atoms with E-state index in [-0.39, 0.29) is 5.75 Å². The van der Waals surface area contributed by atoms with Crippen LogP contribution in [0.2, 0.25) is 0 Å². The van der Waals surface area contributed by atoms with Gasteiger partial charge in [-0.05, 0) is 43.7 Å². The molecule has 3 rings (SSSR count). The third kappa shape index (κ3) is 6.61. The molecule has 1 aliphatic rings. The van der Waals surface area contributed by atoms with Gasteiger partial charge in [0.1, 0.15) is 16.2 Å². The lowest BCUT2D eigenvalue weighted by molar-refractivity contribution is -0.144. The molecule has 180 valence electrons. The molecule has 1 amide bonds. The highest BCUT2D eigenvalue weighted by molar-refractivity contribution is 8.23. The summed E-state index contributed by atoms with van der Waals surface area (Å²) < 4.78 is 7.75. The average Bonchev–Trinajstić information content (AvgIpc) is 3.05. The fraction of sp³-hybridized carbons (Fsp3) is 0.440. The first-order valence-corrected chi connectivity index (χ1v) is 12.7. The topological polar surface area (TPSA) is 87.4 Å². The van der Waals surface area contributed by atoms with Gasteiger partial charge in [0, 0.05) is 25.3 Å². The second-order valence-electron chi connectivity index (χ2n) is 8.55. The molecular weight excluding hydrogens is 468 g/mol. The maximum atomic E-state index is 12.6.